The van der Waals surface area contributed by atoms with Gasteiger partial charge in [0, 0.05) is 23.1 Å². The summed E-state index contributed by atoms with van der Waals surface area (Å²) in [4.78, 5) is 2.33. The van der Waals surface area contributed by atoms with Crippen LogP contribution in [0.3, 0.4) is 0 Å². The van der Waals surface area contributed by atoms with Crippen LogP contribution in [0.2, 0.25) is 0 Å². The molecular weight excluding hydrogens is 290 g/mol. The number of hydrogen-bond donors (Lipinski definition) is 1. The highest BCUT2D eigenvalue weighted by Crippen LogP contribution is 2.34. The number of nitriles is 1. The Bertz CT molecular complexity index is 467. The molecule has 0 spiro atoms. The Kier molecular flexibility index (Phi) is 4.26. The monoisotopic (exact) mass is 307 g/mol. The maximum atomic E-state index is 9.34. The molecule has 1 aliphatic rings. The van der Waals surface area contributed by atoms with Crippen LogP contribution < -0.4 is 10.6 Å². The molecule has 0 bridgehead atoms. The van der Waals surface area contributed by atoms with Crippen molar-refractivity contribution >= 4 is 21.6 Å². The first kappa shape index (κ1) is 13.4. The number of piperidine rings is 1. The third kappa shape index (κ3) is 2.38. The lowest BCUT2D eigenvalue weighted by Gasteiger charge is -2.42. The zero-order valence-electron chi connectivity index (χ0n) is 10.6. The van der Waals surface area contributed by atoms with E-state index in [0.29, 0.717) is 24.2 Å². The molecule has 1 aliphatic heterocycles. The second kappa shape index (κ2) is 5.73. The first-order chi connectivity index (χ1) is 8.69. The van der Waals surface area contributed by atoms with Gasteiger partial charge in [0.05, 0.1) is 11.3 Å². The fourth-order valence-electron chi connectivity index (χ4n) is 2.79. The van der Waals surface area contributed by atoms with E-state index in [-0.39, 0.29) is 0 Å². The average Bonchev–Trinajstić information content (AvgIpc) is 2.38. The molecule has 96 valence electrons. The van der Waals surface area contributed by atoms with Crippen LogP contribution in [0.1, 0.15) is 31.7 Å². The average molecular weight is 308 g/mol. The number of nitrogens with zero attached hydrogens (tertiary/aromatic N) is 2. The Morgan fingerprint density at radius 3 is 2.94 bits per heavy atom. The first-order valence-corrected chi connectivity index (χ1v) is 7.15. The molecule has 2 unspecified atom stereocenters. The van der Waals surface area contributed by atoms with E-state index in [1.54, 1.807) is 0 Å². The Balaban J connectivity index is 2.45. The van der Waals surface area contributed by atoms with Crippen LogP contribution in [0.25, 0.3) is 0 Å². The van der Waals surface area contributed by atoms with Gasteiger partial charge in [-0.25, -0.2) is 0 Å². The summed E-state index contributed by atoms with van der Waals surface area (Å²) in [5.74, 6) is 0. The fourth-order valence-corrected chi connectivity index (χ4v) is 3.24. The number of nitrogens with two attached hydrogens (primary N) is 1. The third-order valence-electron chi connectivity index (χ3n) is 3.68. The SMILES string of the molecule is CC1CCCC(CN)N1c1cccc(Br)c1C#N. The van der Waals surface area contributed by atoms with Gasteiger partial charge in [0.1, 0.15) is 6.07 Å². The minimum Gasteiger partial charge on any atom is -0.363 e. The van der Waals surface area contributed by atoms with Gasteiger partial charge in [-0.1, -0.05) is 6.07 Å². The van der Waals surface area contributed by atoms with E-state index in [9.17, 15) is 5.26 Å². The molecule has 4 heteroatoms. The van der Waals surface area contributed by atoms with Crippen molar-refractivity contribution in [3.8, 4) is 6.07 Å². The van der Waals surface area contributed by atoms with Crippen LogP contribution in [0.15, 0.2) is 22.7 Å². The van der Waals surface area contributed by atoms with E-state index in [4.69, 9.17) is 5.73 Å². The van der Waals surface area contributed by atoms with Gasteiger partial charge in [0.2, 0.25) is 0 Å². The topological polar surface area (TPSA) is 53.0 Å². The molecule has 2 atom stereocenters. The van der Waals surface area contributed by atoms with E-state index < -0.39 is 0 Å². The molecule has 0 aliphatic carbocycles. The van der Waals surface area contributed by atoms with Crippen LogP contribution in [0.4, 0.5) is 5.69 Å². The standard InChI is InChI=1S/C14H18BrN3/c1-10-4-2-5-11(8-16)18(10)14-7-3-6-13(15)12(14)9-17/h3,6-7,10-11H,2,4-5,8,16H2,1H3. The van der Waals surface area contributed by atoms with Crippen molar-refractivity contribution in [2.24, 2.45) is 5.73 Å². The quantitative estimate of drug-likeness (QED) is 0.913. The first-order valence-electron chi connectivity index (χ1n) is 6.36. The maximum absolute atomic E-state index is 9.34. The van der Waals surface area contributed by atoms with Crippen molar-refractivity contribution in [2.75, 3.05) is 11.4 Å². The van der Waals surface area contributed by atoms with Gasteiger partial charge in [-0.15, -0.1) is 0 Å². The molecule has 2 N–H and O–H groups in total. The summed E-state index contributed by atoms with van der Waals surface area (Å²) in [6.45, 7) is 2.85. The third-order valence-corrected chi connectivity index (χ3v) is 4.34. The summed E-state index contributed by atoms with van der Waals surface area (Å²) in [7, 11) is 0. The number of anilines is 1. The lowest BCUT2D eigenvalue weighted by molar-refractivity contribution is 0.400. The molecule has 0 amide bonds. The van der Waals surface area contributed by atoms with Gasteiger partial charge >= 0.3 is 0 Å². The van der Waals surface area contributed by atoms with Crippen LogP contribution in [-0.2, 0) is 0 Å². The maximum Gasteiger partial charge on any atom is 0.103 e. The van der Waals surface area contributed by atoms with E-state index >= 15 is 0 Å². The molecule has 0 saturated carbocycles. The zero-order valence-corrected chi connectivity index (χ0v) is 12.2. The number of halogens is 1. The lowest BCUT2D eigenvalue weighted by atomic mass is 9.94. The zero-order chi connectivity index (χ0) is 13.1. The molecule has 1 heterocycles. The van der Waals surface area contributed by atoms with Crippen LogP contribution in [-0.4, -0.2) is 18.6 Å². The lowest BCUT2D eigenvalue weighted by Crippen LogP contribution is -2.49. The van der Waals surface area contributed by atoms with Crippen LogP contribution >= 0.6 is 15.9 Å². The largest absolute Gasteiger partial charge is 0.363 e. The second-order valence-electron chi connectivity index (χ2n) is 4.82. The Morgan fingerprint density at radius 1 is 1.50 bits per heavy atom. The predicted octanol–water partition coefficient (Wildman–Crippen LogP) is 3.03. The summed E-state index contributed by atoms with van der Waals surface area (Å²) in [5.41, 5.74) is 7.61. The minimum atomic E-state index is 0.343. The predicted molar refractivity (Wildman–Crippen MR) is 77.5 cm³/mol. The highest BCUT2D eigenvalue weighted by molar-refractivity contribution is 9.10. The fraction of sp³-hybridized carbons (Fsp3) is 0.500. The van der Waals surface area contributed by atoms with Crippen molar-refractivity contribution in [3.05, 3.63) is 28.2 Å². The summed E-state index contributed by atoms with van der Waals surface area (Å²) >= 11 is 3.46. The molecule has 0 aromatic heterocycles. The van der Waals surface area contributed by atoms with Gasteiger partial charge in [0.25, 0.3) is 0 Å². The molecule has 18 heavy (non-hydrogen) atoms. The molecule has 1 aromatic carbocycles. The second-order valence-corrected chi connectivity index (χ2v) is 5.68. The van der Waals surface area contributed by atoms with Crippen molar-refractivity contribution in [1.29, 1.82) is 5.26 Å². The molecule has 3 nitrogen and oxygen atoms in total. The smallest absolute Gasteiger partial charge is 0.103 e. The van der Waals surface area contributed by atoms with E-state index in [1.807, 2.05) is 18.2 Å². The van der Waals surface area contributed by atoms with Crippen molar-refractivity contribution < 1.29 is 0 Å². The molecule has 1 fully saturated rings. The summed E-state index contributed by atoms with van der Waals surface area (Å²) in [5, 5.41) is 9.34. The molecule has 1 aromatic rings. The molecule has 0 radical (unpaired) electrons. The highest BCUT2D eigenvalue weighted by atomic mass is 79.9. The minimum absolute atomic E-state index is 0.343. The van der Waals surface area contributed by atoms with Gasteiger partial charge < -0.3 is 10.6 Å². The number of benzene rings is 1. The summed E-state index contributed by atoms with van der Waals surface area (Å²) in [6.07, 6.45) is 3.49. The van der Waals surface area contributed by atoms with Crippen molar-refractivity contribution in [3.63, 3.8) is 0 Å². The Morgan fingerprint density at radius 2 is 2.28 bits per heavy atom. The summed E-state index contributed by atoms with van der Waals surface area (Å²) < 4.78 is 0.857. The normalized spacial score (nSPS) is 23.8. The van der Waals surface area contributed by atoms with E-state index in [2.05, 4.69) is 33.8 Å². The van der Waals surface area contributed by atoms with Crippen molar-refractivity contribution in [1.82, 2.24) is 0 Å². The Labute approximate surface area is 117 Å². The molecular formula is C14H18BrN3. The van der Waals surface area contributed by atoms with Gasteiger partial charge in [-0.3, -0.25) is 0 Å². The summed E-state index contributed by atoms with van der Waals surface area (Å²) in [6, 6.07) is 8.99. The van der Waals surface area contributed by atoms with E-state index in [0.717, 1.165) is 23.0 Å². The Hall–Kier alpha value is -1.05. The highest BCUT2D eigenvalue weighted by Gasteiger charge is 2.29. The van der Waals surface area contributed by atoms with Crippen molar-refractivity contribution in [2.45, 2.75) is 38.3 Å². The molecule has 1 saturated heterocycles. The number of rotatable bonds is 2. The van der Waals surface area contributed by atoms with Gasteiger partial charge in [-0.05, 0) is 54.2 Å². The van der Waals surface area contributed by atoms with E-state index in [1.165, 1.54) is 6.42 Å². The van der Waals surface area contributed by atoms with Crippen LogP contribution in [0.5, 0.6) is 0 Å². The number of hydrogen-bond acceptors (Lipinski definition) is 3. The van der Waals surface area contributed by atoms with Gasteiger partial charge in [0.15, 0.2) is 0 Å². The molecule has 2 rings (SSSR count). The van der Waals surface area contributed by atoms with Crippen LogP contribution in [0, 0.1) is 11.3 Å². The van der Waals surface area contributed by atoms with Gasteiger partial charge in [-0.2, -0.15) is 5.26 Å².